The van der Waals surface area contributed by atoms with Crippen LogP contribution < -0.4 is 5.32 Å². The molecule has 0 atom stereocenters. The van der Waals surface area contributed by atoms with Crippen LogP contribution in [0.5, 0.6) is 0 Å². The van der Waals surface area contributed by atoms with E-state index in [2.05, 4.69) is 36.8 Å². The van der Waals surface area contributed by atoms with Gasteiger partial charge in [-0.1, -0.05) is 6.42 Å². The Bertz CT molecular complexity index is 762. The smallest absolute Gasteiger partial charge is 0.236 e. The van der Waals surface area contributed by atoms with Crippen molar-refractivity contribution in [3.63, 3.8) is 0 Å². The highest BCUT2D eigenvalue weighted by Gasteiger charge is 2.24. The normalized spacial score (nSPS) is 20.3. The zero-order chi connectivity index (χ0) is 22.2. The van der Waals surface area contributed by atoms with E-state index in [0.717, 1.165) is 109 Å². The number of rotatable bonds is 7. The highest BCUT2D eigenvalue weighted by atomic mass is 16.2. The fourth-order valence-electron chi connectivity index (χ4n) is 4.95. The van der Waals surface area contributed by atoms with Crippen molar-refractivity contribution in [3.8, 4) is 0 Å². The van der Waals surface area contributed by atoms with Crippen molar-refractivity contribution in [2.45, 2.75) is 64.8 Å². The van der Waals surface area contributed by atoms with Crippen LogP contribution in [0.2, 0.25) is 0 Å². The lowest BCUT2D eigenvalue weighted by molar-refractivity contribution is -0.131. The number of carbonyl (C=O) groups excluding carboxylic acids is 1. The Labute approximate surface area is 192 Å². The molecule has 3 aliphatic heterocycles. The Morgan fingerprint density at radius 2 is 1.72 bits per heavy atom. The number of nitrogens with zero attached hydrogens (tertiary/aromatic N) is 7. The molecule has 0 bridgehead atoms. The molecule has 1 aromatic rings. The molecule has 9 nitrogen and oxygen atoms in total. The number of hydrogen-bond acceptors (Lipinski definition) is 5. The van der Waals surface area contributed by atoms with Crippen molar-refractivity contribution in [1.29, 1.82) is 0 Å². The van der Waals surface area contributed by atoms with Gasteiger partial charge in [0.2, 0.25) is 5.91 Å². The van der Waals surface area contributed by atoms with E-state index in [4.69, 9.17) is 4.99 Å². The van der Waals surface area contributed by atoms with E-state index >= 15 is 0 Å². The van der Waals surface area contributed by atoms with Crippen LogP contribution in [0.15, 0.2) is 4.99 Å². The molecule has 1 amide bonds. The molecule has 0 aliphatic carbocycles. The van der Waals surface area contributed by atoms with Gasteiger partial charge in [-0.25, -0.2) is 0 Å². The second kappa shape index (κ2) is 11.6. The lowest BCUT2D eigenvalue weighted by atomic mass is 10.2. The summed E-state index contributed by atoms with van der Waals surface area (Å²) in [5.74, 6) is 3.58. The van der Waals surface area contributed by atoms with Gasteiger partial charge in [-0.2, -0.15) is 0 Å². The van der Waals surface area contributed by atoms with Gasteiger partial charge in [0.25, 0.3) is 0 Å². The molecule has 0 spiro atoms. The second-order valence-electron chi connectivity index (χ2n) is 9.19. The summed E-state index contributed by atoms with van der Waals surface area (Å²) in [6, 6.07) is 0. The topological polar surface area (TPSA) is 81.9 Å². The van der Waals surface area contributed by atoms with E-state index in [1.54, 1.807) is 0 Å². The minimum Gasteiger partial charge on any atom is -0.357 e. The van der Waals surface area contributed by atoms with Gasteiger partial charge in [-0.3, -0.25) is 14.7 Å². The second-order valence-corrected chi connectivity index (χ2v) is 9.19. The molecule has 3 aliphatic rings. The first-order valence-corrected chi connectivity index (χ1v) is 12.7. The molecule has 9 heteroatoms. The molecule has 4 heterocycles. The number of hydrogen-bond donors (Lipinski definition) is 1. The molecule has 0 saturated carbocycles. The number of amides is 1. The van der Waals surface area contributed by atoms with Crippen LogP contribution in [0.25, 0.3) is 0 Å². The van der Waals surface area contributed by atoms with Crippen LogP contribution in [0.4, 0.5) is 0 Å². The third-order valence-corrected chi connectivity index (χ3v) is 6.83. The van der Waals surface area contributed by atoms with Gasteiger partial charge in [-0.15, -0.1) is 10.2 Å². The minimum absolute atomic E-state index is 0.294. The van der Waals surface area contributed by atoms with Gasteiger partial charge in [0.05, 0.1) is 6.54 Å². The van der Waals surface area contributed by atoms with E-state index in [1.165, 1.54) is 19.3 Å². The van der Waals surface area contributed by atoms with E-state index in [0.29, 0.717) is 12.5 Å². The van der Waals surface area contributed by atoms with Gasteiger partial charge in [0.15, 0.2) is 5.96 Å². The summed E-state index contributed by atoms with van der Waals surface area (Å²) in [5.41, 5.74) is 0. The Hall–Kier alpha value is -2.16. The molecule has 2 fully saturated rings. The number of carbonyl (C=O) groups is 1. The van der Waals surface area contributed by atoms with Crippen LogP contribution in [-0.2, 0) is 24.2 Å². The van der Waals surface area contributed by atoms with Crippen LogP contribution in [0.1, 0.15) is 57.1 Å². The van der Waals surface area contributed by atoms with Crippen LogP contribution in [-0.4, -0.2) is 100 Å². The Morgan fingerprint density at radius 1 is 0.938 bits per heavy atom. The molecular formula is C23H40N8O. The average Bonchev–Trinajstić information content (AvgIpc) is 3.42. The van der Waals surface area contributed by atoms with Crippen LogP contribution in [0.3, 0.4) is 0 Å². The third kappa shape index (κ3) is 5.99. The van der Waals surface area contributed by atoms with Gasteiger partial charge in [0.1, 0.15) is 11.6 Å². The molecular weight excluding hydrogens is 404 g/mol. The molecule has 1 aromatic heterocycles. The predicted molar refractivity (Wildman–Crippen MR) is 126 cm³/mol. The SMILES string of the molecule is CCNC(=NCCCc1nnc2n1CCCCC2)N1CCN(CC(=O)N2CCCC2)CC1. The van der Waals surface area contributed by atoms with Gasteiger partial charge < -0.3 is 19.7 Å². The summed E-state index contributed by atoms with van der Waals surface area (Å²) < 4.78 is 2.34. The molecule has 178 valence electrons. The standard InChI is InChI=1S/C23H40N8O/c1-2-24-23(25-11-8-10-21-27-26-20-9-4-3-5-14-31(20)21)30-17-15-28(16-18-30)19-22(32)29-12-6-7-13-29/h2-19H2,1H3,(H,24,25). The number of aliphatic imine (C=N–C) groups is 1. The quantitative estimate of drug-likeness (QED) is 0.386. The molecule has 1 N–H and O–H groups in total. The van der Waals surface area contributed by atoms with Gasteiger partial charge in [0, 0.05) is 71.7 Å². The summed E-state index contributed by atoms with van der Waals surface area (Å²) in [7, 11) is 0. The van der Waals surface area contributed by atoms with Crippen molar-refractivity contribution in [3.05, 3.63) is 11.6 Å². The van der Waals surface area contributed by atoms with E-state index in [9.17, 15) is 4.79 Å². The molecule has 0 aromatic carbocycles. The average molecular weight is 445 g/mol. The van der Waals surface area contributed by atoms with E-state index in [1.807, 2.05) is 4.90 Å². The molecule has 32 heavy (non-hydrogen) atoms. The van der Waals surface area contributed by atoms with E-state index in [-0.39, 0.29) is 0 Å². The first-order chi connectivity index (χ1) is 15.7. The summed E-state index contributed by atoms with van der Waals surface area (Å²) in [4.78, 5) is 24.0. The monoisotopic (exact) mass is 444 g/mol. The van der Waals surface area contributed by atoms with Gasteiger partial charge in [-0.05, 0) is 39.0 Å². The maximum absolute atomic E-state index is 12.4. The Kier molecular flexibility index (Phi) is 8.36. The third-order valence-electron chi connectivity index (χ3n) is 6.83. The number of likely N-dealkylation sites (tertiary alicyclic amines) is 1. The zero-order valence-electron chi connectivity index (χ0n) is 19.8. The Balaban J connectivity index is 1.23. The fourth-order valence-corrected chi connectivity index (χ4v) is 4.95. The number of fused-ring (bicyclic) bond motifs is 1. The first-order valence-electron chi connectivity index (χ1n) is 12.7. The Morgan fingerprint density at radius 3 is 2.50 bits per heavy atom. The number of nitrogens with one attached hydrogen (secondary N) is 1. The lowest BCUT2D eigenvalue weighted by Crippen LogP contribution is -2.54. The largest absolute Gasteiger partial charge is 0.357 e. The van der Waals surface area contributed by atoms with Crippen molar-refractivity contribution in [2.75, 3.05) is 58.9 Å². The highest BCUT2D eigenvalue weighted by Crippen LogP contribution is 2.15. The summed E-state index contributed by atoms with van der Waals surface area (Å²) in [5, 5.41) is 12.3. The lowest BCUT2D eigenvalue weighted by Gasteiger charge is -2.36. The minimum atomic E-state index is 0.294. The van der Waals surface area contributed by atoms with Crippen molar-refractivity contribution in [2.24, 2.45) is 4.99 Å². The summed E-state index contributed by atoms with van der Waals surface area (Å²) in [6.07, 6.45) is 9.04. The fraction of sp³-hybridized carbons (Fsp3) is 0.826. The van der Waals surface area contributed by atoms with Crippen molar-refractivity contribution >= 4 is 11.9 Å². The number of guanidine groups is 1. The van der Waals surface area contributed by atoms with Crippen molar-refractivity contribution in [1.82, 2.24) is 34.8 Å². The van der Waals surface area contributed by atoms with Gasteiger partial charge >= 0.3 is 0 Å². The molecule has 4 rings (SSSR count). The first kappa shape index (κ1) is 23.0. The molecule has 0 radical (unpaired) electrons. The summed E-state index contributed by atoms with van der Waals surface area (Å²) in [6.45, 7) is 10.9. The maximum Gasteiger partial charge on any atom is 0.236 e. The van der Waals surface area contributed by atoms with Crippen molar-refractivity contribution < 1.29 is 4.79 Å². The number of piperazine rings is 1. The maximum atomic E-state index is 12.4. The van der Waals surface area contributed by atoms with Crippen LogP contribution >= 0.6 is 0 Å². The highest BCUT2D eigenvalue weighted by molar-refractivity contribution is 5.80. The van der Waals surface area contributed by atoms with E-state index < -0.39 is 0 Å². The zero-order valence-corrected chi connectivity index (χ0v) is 19.8. The number of aryl methyl sites for hydroxylation is 2. The number of aromatic nitrogens is 3. The molecule has 0 unspecified atom stereocenters. The molecule has 2 saturated heterocycles. The summed E-state index contributed by atoms with van der Waals surface area (Å²) >= 11 is 0. The predicted octanol–water partition coefficient (Wildman–Crippen LogP) is 1.14. The van der Waals surface area contributed by atoms with Crippen LogP contribution in [0, 0.1) is 0 Å².